The lowest BCUT2D eigenvalue weighted by molar-refractivity contribution is 1.17. The molecule has 0 aliphatic carbocycles. The van der Waals surface area contributed by atoms with Crippen LogP contribution in [0.2, 0.25) is 0 Å². The molecule has 6 heteroatoms. The monoisotopic (exact) mass is 1070 g/mol. The maximum absolute atomic E-state index is 2.39. The van der Waals surface area contributed by atoms with E-state index >= 15 is 0 Å². The Labute approximate surface area is 487 Å². The maximum atomic E-state index is 2.39. The number of para-hydroxylation sites is 9. The van der Waals surface area contributed by atoms with Crippen LogP contribution < -0.4 is 14.7 Å². The van der Waals surface area contributed by atoms with Crippen molar-refractivity contribution in [2.75, 3.05) is 14.7 Å². The van der Waals surface area contributed by atoms with Gasteiger partial charge in [0.2, 0.25) is 0 Å². The molecule has 13 aromatic carbocycles. The molecule has 16 aromatic rings. The Morgan fingerprint density at radius 1 is 0.155 bits per heavy atom. The van der Waals surface area contributed by atoms with E-state index in [9.17, 15) is 0 Å². The molecule has 0 radical (unpaired) electrons. The third-order valence-electron chi connectivity index (χ3n) is 16.5. The van der Waals surface area contributed by atoms with Crippen molar-refractivity contribution in [2.24, 2.45) is 0 Å². The molecule has 0 aliphatic heterocycles. The van der Waals surface area contributed by atoms with Gasteiger partial charge in [0.15, 0.2) is 0 Å². The van der Waals surface area contributed by atoms with Gasteiger partial charge in [-0.1, -0.05) is 164 Å². The van der Waals surface area contributed by atoms with Gasteiger partial charge in [-0.2, -0.15) is 0 Å². The van der Waals surface area contributed by atoms with Crippen LogP contribution in [0.5, 0.6) is 0 Å². The van der Waals surface area contributed by atoms with Crippen LogP contribution >= 0.6 is 0 Å². The maximum Gasteiger partial charge on any atom is 0.0541 e. The quantitative estimate of drug-likeness (QED) is 0.122. The summed E-state index contributed by atoms with van der Waals surface area (Å²) < 4.78 is 7.15. The summed E-state index contributed by atoms with van der Waals surface area (Å²) in [6.45, 7) is 0. The molecule has 6 nitrogen and oxygen atoms in total. The first-order chi connectivity index (χ1) is 41.7. The fourth-order valence-electron chi connectivity index (χ4n) is 12.9. The van der Waals surface area contributed by atoms with Crippen LogP contribution in [-0.4, -0.2) is 13.7 Å². The van der Waals surface area contributed by atoms with Crippen molar-refractivity contribution in [3.63, 3.8) is 0 Å². The van der Waals surface area contributed by atoms with Gasteiger partial charge in [0.25, 0.3) is 0 Å². The van der Waals surface area contributed by atoms with E-state index < -0.39 is 0 Å². The van der Waals surface area contributed by atoms with Crippen LogP contribution in [0, 0.1) is 0 Å². The van der Waals surface area contributed by atoms with Crippen LogP contribution in [0.4, 0.5) is 51.2 Å². The Hall–Kier alpha value is -11.3. The van der Waals surface area contributed by atoms with Crippen LogP contribution in [0.3, 0.4) is 0 Å². The molecule has 3 aromatic heterocycles. The van der Waals surface area contributed by atoms with E-state index in [0.717, 1.165) is 68.2 Å². The predicted molar refractivity (Wildman–Crippen MR) is 354 cm³/mol. The van der Waals surface area contributed by atoms with E-state index in [0.29, 0.717) is 0 Å². The van der Waals surface area contributed by atoms with Crippen molar-refractivity contribution in [3.05, 3.63) is 328 Å². The van der Waals surface area contributed by atoms with Gasteiger partial charge in [0, 0.05) is 83.5 Å². The molecular formula is C78H54N6. The smallest absolute Gasteiger partial charge is 0.0541 e. The normalized spacial score (nSPS) is 11.6. The molecule has 3 heterocycles. The summed E-state index contributed by atoms with van der Waals surface area (Å²) in [6.07, 6.45) is 0. The number of aromatic nitrogens is 3. The van der Waals surface area contributed by atoms with Crippen molar-refractivity contribution < 1.29 is 0 Å². The second kappa shape index (κ2) is 20.3. The van der Waals surface area contributed by atoms with E-state index in [1.807, 2.05) is 0 Å². The molecule has 0 unspecified atom stereocenters. The Kier molecular flexibility index (Phi) is 11.8. The lowest BCUT2D eigenvalue weighted by Crippen LogP contribution is -2.16. The minimum Gasteiger partial charge on any atom is -0.310 e. The molecule has 396 valence electrons. The van der Waals surface area contributed by atoms with Crippen molar-refractivity contribution in [3.8, 4) is 17.1 Å². The zero-order valence-corrected chi connectivity index (χ0v) is 45.9. The van der Waals surface area contributed by atoms with E-state index in [2.05, 4.69) is 356 Å². The number of hydrogen-bond acceptors (Lipinski definition) is 3. The van der Waals surface area contributed by atoms with Gasteiger partial charge in [-0.3, -0.25) is 0 Å². The lowest BCUT2D eigenvalue weighted by Gasteiger charge is -2.33. The zero-order chi connectivity index (χ0) is 55.5. The Balaban J connectivity index is 0.900. The van der Waals surface area contributed by atoms with Crippen LogP contribution in [0.1, 0.15) is 0 Å². The lowest BCUT2D eigenvalue weighted by atomic mass is 10.1. The predicted octanol–water partition coefficient (Wildman–Crippen LogP) is 21.4. The molecule has 0 aliphatic rings. The molecule has 0 spiro atoms. The van der Waals surface area contributed by atoms with E-state index in [4.69, 9.17) is 0 Å². The number of hydrogen-bond donors (Lipinski definition) is 0. The first-order valence-corrected chi connectivity index (χ1v) is 28.7. The summed E-state index contributed by atoms with van der Waals surface area (Å²) >= 11 is 0. The Morgan fingerprint density at radius 2 is 0.333 bits per heavy atom. The summed E-state index contributed by atoms with van der Waals surface area (Å²) in [5, 5.41) is 7.42. The van der Waals surface area contributed by atoms with Gasteiger partial charge in [-0.05, 0) is 164 Å². The molecule has 0 fully saturated rings. The number of fused-ring (bicyclic) bond motifs is 9. The molecule has 0 amide bonds. The highest BCUT2D eigenvalue weighted by Gasteiger charge is 2.24. The molecule has 0 saturated heterocycles. The Bertz CT molecular complexity index is 4380. The average molecular weight is 1080 g/mol. The molecule has 84 heavy (non-hydrogen) atoms. The van der Waals surface area contributed by atoms with Gasteiger partial charge in [-0.15, -0.1) is 0 Å². The minimum absolute atomic E-state index is 0.990. The third kappa shape index (κ3) is 8.19. The summed E-state index contributed by atoms with van der Waals surface area (Å²) in [7, 11) is 0. The standard InChI is InChI=1S/C78H54N6/c1-4-22-55(23-5-1)79(58-40-46-61(47-41-58)82-73-34-16-10-28-67(73)68-29-11-17-35-74(68)82)64-52-65(80(56-24-6-2-7-25-56)59-42-48-62(49-43-59)83-75-36-18-12-30-69(75)70-31-13-19-37-76(70)83)54-66(53-64)81(57-26-8-3-9-27-57)60-44-50-63(51-45-60)84-77-38-20-14-32-71(77)72-33-15-21-39-78(72)84/h1-54H. The number of benzene rings is 13. The molecule has 16 rings (SSSR count). The summed E-state index contributed by atoms with van der Waals surface area (Å²) in [4.78, 5) is 7.18. The van der Waals surface area contributed by atoms with Gasteiger partial charge < -0.3 is 28.4 Å². The highest BCUT2D eigenvalue weighted by Crippen LogP contribution is 2.47. The van der Waals surface area contributed by atoms with Gasteiger partial charge in [0.05, 0.1) is 50.2 Å². The van der Waals surface area contributed by atoms with Gasteiger partial charge >= 0.3 is 0 Å². The van der Waals surface area contributed by atoms with Crippen molar-refractivity contribution >= 4 is 117 Å². The largest absolute Gasteiger partial charge is 0.310 e. The summed E-state index contributed by atoms with van der Waals surface area (Å²) in [5.74, 6) is 0. The fourth-order valence-corrected chi connectivity index (χ4v) is 12.9. The Morgan fingerprint density at radius 3 is 0.548 bits per heavy atom. The third-order valence-corrected chi connectivity index (χ3v) is 16.5. The highest BCUT2D eigenvalue weighted by molar-refractivity contribution is 6.11. The number of nitrogens with zero attached hydrogens (tertiary/aromatic N) is 6. The van der Waals surface area contributed by atoms with Crippen molar-refractivity contribution in [1.82, 2.24) is 13.7 Å². The molecule has 0 N–H and O–H groups in total. The summed E-state index contributed by atoms with van der Waals surface area (Å²) in [6, 6.07) is 119. The highest BCUT2D eigenvalue weighted by atomic mass is 15.2. The number of rotatable bonds is 12. The van der Waals surface area contributed by atoms with E-state index in [-0.39, 0.29) is 0 Å². The molecular weight excluding hydrogens is 1020 g/mol. The second-order valence-corrected chi connectivity index (χ2v) is 21.4. The first-order valence-electron chi connectivity index (χ1n) is 28.7. The molecule has 0 atom stereocenters. The zero-order valence-electron chi connectivity index (χ0n) is 45.9. The fraction of sp³-hybridized carbons (Fsp3) is 0. The minimum atomic E-state index is 0.990. The van der Waals surface area contributed by atoms with Gasteiger partial charge in [-0.25, -0.2) is 0 Å². The van der Waals surface area contributed by atoms with Crippen molar-refractivity contribution in [1.29, 1.82) is 0 Å². The average Bonchev–Trinajstić information content (AvgIpc) is 4.14. The second-order valence-electron chi connectivity index (χ2n) is 21.4. The van der Waals surface area contributed by atoms with Crippen molar-refractivity contribution in [2.45, 2.75) is 0 Å². The van der Waals surface area contributed by atoms with Crippen LogP contribution in [0.15, 0.2) is 328 Å². The van der Waals surface area contributed by atoms with E-state index in [1.165, 1.54) is 65.4 Å². The van der Waals surface area contributed by atoms with Crippen LogP contribution in [0.25, 0.3) is 82.5 Å². The summed E-state index contributed by atoms with van der Waals surface area (Å²) in [5.41, 5.74) is 19.5. The first kappa shape index (κ1) is 48.6. The SMILES string of the molecule is c1ccc(N(c2ccc(-n3c4ccccc4c4ccccc43)cc2)c2cc(N(c3ccccc3)c3ccc(-n4c5ccccc5c5ccccc54)cc3)cc(N(c3ccccc3)c3ccc(-n4c5ccccc5c5ccccc54)cc3)c2)cc1. The van der Waals surface area contributed by atoms with Gasteiger partial charge in [0.1, 0.15) is 0 Å². The number of anilines is 9. The molecule has 0 bridgehead atoms. The van der Waals surface area contributed by atoms with Crippen LogP contribution in [-0.2, 0) is 0 Å². The van der Waals surface area contributed by atoms with E-state index in [1.54, 1.807) is 0 Å². The topological polar surface area (TPSA) is 24.5 Å². The molecule has 0 saturated carbocycles.